The van der Waals surface area contributed by atoms with Crippen molar-refractivity contribution < 1.29 is 19.7 Å². The van der Waals surface area contributed by atoms with Crippen LogP contribution in [0.1, 0.15) is 24.5 Å². The molecule has 1 saturated heterocycles. The number of carboxylic acids is 1. The van der Waals surface area contributed by atoms with Crippen LogP contribution >= 0.6 is 0 Å². The number of hydrogen-bond acceptors (Lipinski definition) is 4. The van der Waals surface area contributed by atoms with Crippen molar-refractivity contribution in [3.63, 3.8) is 0 Å². The molecular formula is C14H19NO4. The second-order valence-electron chi connectivity index (χ2n) is 4.64. The van der Waals surface area contributed by atoms with Gasteiger partial charge in [0.25, 0.3) is 0 Å². The van der Waals surface area contributed by atoms with E-state index >= 15 is 0 Å². The Balaban J connectivity index is 1.95. The van der Waals surface area contributed by atoms with E-state index in [0.717, 1.165) is 37.6 Å². The van der Waals surface area contributed by atoms with Crippen molar-refractivity contribution in [3.05, 3.63) is 29.8 Å². The van der Waals surface area contributed by atoms with E-state index < -0.39 is 12.1 Å². The van der Waals surface area contributed by atoms with Gasteiger partial charge in [-0.15, -0.1) is 0 Å². The maximum atomic E-state index is 10.5. The van der Waals surface area contributed by atoms with Crippen LogP contribution in [-0.2, 0) is 9.53 Å². The monoisotopic (exact) mass is 265 g/mol. The molecule has 1 unspecified atom stereocenters. The minimum Gasteiger partial charge on any atom is -0.481 e. The molecule has 5 heteroatoms. The summed E-state index contributed by atoms with van der Waals surface area (Å²) in [4.78, 5) is 12.7. The molecule has 0 aliphatic carbocycles. The lowest BCUT2D eigenvalue weighted by atomic mass is 10.0. The Morgan fingerprint density at radius 1 is 1.26 bits per heavy atom. The van der Waals surface area contributed by atoms with Gasteiger partial charge in [-0.2, -0.15) is 0 Å². The first-order valence-electron chi connectivity index (χ1n) is 6.49. The summed E-state index contributed by atoms with van der Waals surface area (Å²) in [7, 11) is 0. The van der Waals surface area contributed by atoms with Gasteiger partial charge in [-0.1, -0.05) is 12.1 Å². The molecule has 0 radical (unpaired) electrons. The highest BCUT2D eigenvalue weighted by Gasteiger charge is 2.13. The molecule has 1 aliphatic heterocycles. The fourth-order valence-electron chi connectivity index (χ4n) is 2.16. The van der Waals surface area contributed by atoms with Gasteiger partial charge in [0.05, 0.1) is 19.3 Å². The van der Waals surface area contributed by atoms with E-state index in [9.17, 15) is 9.90 Å². The summed E-state index contributed by atoms with van der Waals surface area (Å²) in [6.45, 7) is 3.23. The van der Waals surface area contributed by atoms with Crippen LogP contribution < -0.4 is 4.90 Å². The Bertz CT molecular complexity index is 412. The van der Waals surface area contributed by atoms with Gasteiger partial charge in [-0.3, -0.25) is 4.79 Å². The van der Waals surface area contributed by atoms with E-state index in [0.29, 0.717) is 0 Å². The molecule has 0 saturated carbocycles. The number of aliphatic carboxylic acids is 1. The zero-order valence-corrected chi connectivity index (χ0v) is 10.8. The molecule has 1 fully saturated rings. The minimum absolute atomic E-state index is 0.0214. The second kappa shape index (κ2) is 6.54. The lowest BCUT2D eigenvalue weighted by Gasteiger charge is -2.29. The average molecular weight is 265 g/mol. The van der Waals surface area contributed by atoms with Crippen molar-refractivity contribution >= 4 is 11.7 Å². The first-order chi connectivity index (χ1) is 9.16. The molecule has 104 valence electrons. The van der Waals surface area contributed by atoms with E-state index in [-0.39, 0.29) is 12.8 Å². The quantitative estimate of drug-likeness (QED) is 0.842. The number of carboxylic acid groups (broad SMARTS) is 1. The van der Waals surface area contributed by atoms with Crippen molar-refractivity contribution in [3.8, 4) is 0 Å². The Hall–Kier alpha value is -1.59. The molecule has 1 aliphatic rings. The normalized spacial score (nSPS) is 17.2. The lowest BCUT2D eigenvalue weighted by Crippen LogP contribution is -2.36. The fraction of sp³-hybridized carbons (Fsp3) is 0.500. The van der Waals surface area contributed by atoms with E-state index in [4.69, 9.17) is 9.84 Å². The highest BCUT2D eigenvalue weighted by atomic mass is 16.5. The first kappa shape index (κ1) is 13.8. The number of anilines is 1. The third kappa shape index (κ3) is 3.94. The number of carbonyl (C=O) groups is 1. The zero-order chi connectivity index (χ0) is 13.7. The molecule has 19 heavy (non-hydrogen) atoms. The molecule has 2 N–H and O–H groups in total. The molecule has 0 bridgehead atoms. The van der Waals surface area contributed by atoms with Gasteiger partial charge >= 0.3 is 5.97 Å². The van der Waals surface area contributed by atoms with Crippen molar-refractivity contribution in [2.75, 3.05) is 31.2 Å². The summed E-state index contributed by atoms with van der Waals surface area (Å²) in [6.07, 6.45) is -0.492. The van der Waals surface area contributed by atoms with Crippen molar-refractivity contribution in [2.24, 2.45) is 0 Å². The zero-order valence-electron chi connectivity index (χ0n) is 10.8. The SMILES string of the molecule is O=C(O)CCC(O)c1ccc(N2CCOCC2)cc1. The van der Waals surface area contributed by atoms with Crippen molar-refractivity contribution in [2.45, 2.75) is 18.9 Å². The molecule has 0 aromatic heterocycles. The molecule has 1 atom stereocenters. The van der Waals surface area contributed by atoms with Gasteiger partial charge in [0.1, 0.15) is 0 Å². The van der Waals surface area contributed by atoms with Crippen molar-refractivity contribution in [1.29, 1.82) is 0 Å². The largest absolute Gasteiger partial charge is 0.481 e. The molecule has 2 rings (SSSR count). The molecule has 1 heterocycles. The number of hydrogen-bond donors (Lipinski definition) is 2. The molecule has 5 nitrogen and oxygen atoms in total. The van der Waals surface area contributed by atoms with Crippen LogP contribution in [-0.4, -0.2) is 42.5 Å². The van der Waals surface area contributed by atoms with Gasteiger partial charge in [0.15, 0.2) is 0 Å². The highest BCUT2D eigenvalue weighted by molar-refractivity contribution is 5.66. The van der Waals surface area contributed by atoms with Gasteiger partial charge in [0, 0.05) is 25.2 Å². The maximum absolute atomic E-state index is 10.5. The van der Waals surface area contributed by atoms with E-state index in [2.05, 4.69) is 4.90 Å². The third-order valence-corrected chi connectivity index (χ3v) is 3.29. The number of rotatable bonds is 5. The molecule has 1 aromatic rings. The van der Waals surface area contributed by atoms with Crippen LogP contribution in [0.15, 0.2) is 24.3 Å². The number of morpholine rings is 1. The summed E-state index contributed by atoms with van der Waals surface area (Å²) in [6, 6.07) is 7.64. The molecule has 0 spiro atoms. The van der Waals surface area contributed by atoms with Gasteiger partial charge in [-0.05, 0) is 24.1 Å². The smallest absolute Gasteiger partial charge is 0.303 e. The topological polar surface area (TPSA) is 70.0 Å². The summed E-state index contributed by atoms with van der Waals surface area (Å²) in [5.41, 5.74) is 1.87. The summed E-state index contributed by atoms with van der Waals surface area (Å²) in [5.74, 6) is -0.885. The number of benzene rings is 1. The molecular weight excluding hydrogens is 246 g/mol. The summed E-state index contributed by atoms with van der Waals surface area (Å²) >= 11 is 0. The van der Waals surface area contributed by atoms with Crippen LogP contribution in [0.3, 0.4) is 0 Å². The Labute approximate surface area is 112 Å². The van der Waals surface area contributed by atoms with E-state index in [1.165, 1.54) is 0 Å². The standard InChI is InChI=1S/C14H19NO4/c16-13(5-6-14(17)18)11-1-3-12(4-2-11)15-7-9-19-10-8-15/h1-4,13,16H,5-10H2,(H,17,18). The molecule has 0 amide bonds. The first-order valence-corrected chi connectivity index (χ1v) is 6.49. The van der Waals surface area contributed by atoms with Gasteiger partial charge in [-0.25, -0.2) is 0 Å². The number of aliphatic hydroxyl groups is 1. The van der Waals surface area contributed by atoms with Crippen LogP contribution in [0, 0.1) is 0 Å². The predicted molar refractivity (Wildman–Crippen MR) is 71.3 cm³/mol. The van der Waals surface area contributed by atoms with Crippen LogP contribution in [0.5, 0.6) is 0 Å². The van der Waals surface area contributed by atoms with E-state index in [1.807, 2.05) is 24.3 Å². The lowest BCUT2D eigenvalue weighted by molar-refractivity contribution is -0.137. The summed E-state index contributed by atoms with van der Waals surface area (Å²) in [5, 5.41) is 18.5. The fourth-order valence-corrected chi connectivity index (χ4v) is 2.16. The van der Waals surface area contributed by atoms with Crippen molar-refractivity contribution in [1.82, 2.24) is 0 Å². The Morgan fingerprint density at radius 3 is 2.47 bits per heavy atom. The minimum atomic E-state index is -0.885. The average Bonchev–Trinajstić information content (AvgIpc) is 2.46. The number of aliphatic hydroxyl groups excluding tert-OH is 1. The highest BCUT2D eigenvalue weighted by Crippen LogP contribution is 2.22. The Kier molecular flexibility index (Phi) is 4.76. The van der Waals surface area contributed by atoms with Gasteiger partial charge in [0.2, 0.25) is 0 Å². The maximum Gasteiger partial charge on any atom is 0.303 e. The van der Waals surface area contributed by atoms with Crippen LogP contribution in [0.2, 0.25) is 0 Å². The Morgan fingerprint density at radius 2 is 1.89 bits per heavy atom. The van der Waals surface area contributed by atoms with Crippen LogP contribution in [0.4, 0.5) is 5.69 Å². The molecule has 1 aromatic carbocycles. The van der Waals surface area contributed by atoms with Crippen LogP contribution in [0.25, 0.3) is 0 Å². The van der Waals surface area contributed by atoms with Gasteiger partial charge < -0.3 is 19.8 Å². The summed E-state index contributed by atoms with van der Waals surface area (Å²) < 4.78 is 5.30. The third-order valence-electron chi connectivity index (χ3n) is 3.29. The second-order valence-corrected chi connectivity index (χ2v) is 4.64. The predicted octanol–water partition coefficient (Wildman–Crippen LogP) is 1.42. The van der Waals surface area contributed by atoms with E-state index in [1.54, 1.807) is 0 Å². The number of ether oxygens (including phenoxy) is 1. The number of nitrogens with zero attached hydrogens (tertiary/aromatic N) is 1.